The summed E-state index contributed by atoms with van der Waals surface area (Å²) in [6.07, 6.45) is 4.46. The molecule has 0 fully saturated rings. The molecular weight excluding hydrogens is 324 g/mol. The topological polar surface area (TPSA) is 80.0 Å². The van der Waals surface area contributed by atoms with Gasteiger partial charge in [0.05, 0.1) is 11.2 Å². The van der Waals surface area contributed by atoms with Gasteiger partial charge in [0.15, 0.2) is 0 Å². The molecule has 0 spiro atoms. The summed E-state index contributed by atoms with van der Waals surface area (Å²) in [7, 11) is 0. The second-order valence-electron chi connectivity index (χ2n) is 7.88. The molecule has 0 bridgehead atoms. The van der Waals surface area contributed by atoms with E-state index < -0.39 is 0 Å². The van der Waals surface area contributed by atoms with Crippen LogP contribution in [0.3, 0.4) is 0 Å². The maximum Gasteiger partial charge on any atom is 0.220 e. The number of hydrogen-bond donors (Lipinski definition) is 3. The highest BCUT2D eigenvalue weighted by Gasteiger charge is 2.13. The lowest BCUT2D eigenvalue weighted by Crippen LogP contribution is -2.40. The van der Waals surface area contributed by atoms with Crippen LogP contribution in [0.1, 0.15) is 58.9 Å². The number of pyridine rings is 1. The van der Waals surface area contributed by atoms with E-state index in [-0.39, 0.29) is 11.4 Å². The lowest BCUT2D eigenvalue weighted by atomic mass is 10.0. The molecule has 2 rings (SSSR count). The van der Waals surface area contributed by atoms with Crippen molar-refractivity contribution in [3.63, 3.8) is 0 Å². The predicted octanol–water partition coefficient (Wildman–Crippen LogP) is 4.27. The van der Waals surface area contributed by atoms with Crippen molar-refractivity contribution in [2.24, 2.45) is 0 Å². The standard InChI is InChI=1S/C21H32N4O/c1-5-6-12-23-18-14-16-11-10-15(13-17(16)24-20(18)22)8-7-9-19(26)25-21(2,3)4/h10-11,13-14,23H,5-9,12H2,1-4H3,(H2,22,24)(H,25,26). The number of hydrogen-bond acceptors (Lipinski definition) is 4. The van der Waals surface area contributed by atoms with Crippen molar-refractivity contribution >= 4 is 28.3 Å². The van der Waals surface area contributed by atoms with Crippen molar-refractivity contribution in [1.29, 1.82) is 0 Å². The van der Waals surface area contributed by atoms with E-state index in [0.29, 0.717) is 12.2 Å². The second kappa shape index (κ2) is 8.88. The fourth-order valence-electron chi connectivity index (χ4n) is 2.86. The number of nitrogens with two attached hydrogens (primary N) is 1. The molecule has 4 N–H and O–H groups in total. The van der Waals surface area contributed by atoms with Gasteiger partial charge in [-0.2, -0.15) is 0 Å². The van der Waals surface area contributed by atoms with Crippen LogP contribution in [0.25, 0.3) is 10.9 Å². The number of anilines is 2. The van der Waals surface area contributed by atoms with Gasteiger partial charge in [0, 0.05) is 23.9 Å². The fraction of sp³-hybridized carbons (Fsp3) is 0.524. The summed E-state index contributed by atoms with van der Waals surface area (Å²) in [4.78, 5) is 16.4. The van der Waals surface area contributed by atoms with Gasteiger partial charge in [-0.3, -0.25) is 4.79 Å². The minimum Gasteiger partial charge on any atom is -0.382 e. The van der Waals surface area contributed by atoms with Crippen molar-refractivity contribution in [3.8, 4) is 0 Å². The number of nitrogens with zero attached hydrogens (tertiary/aromatic N) is 1. The molecule has 0 saturated heterocycles. The number of unbranched alkanes of at least 4 members (excludes halogenated alkanes) is 1. The van der Waals surface area contributed by atoms with Crippen molar-refractivity contribution in [1.82, 2.24) is 10.3 Å². The number of nitrogens with one attached hydrogen (secondary N) is 2. The molecular formula is C21H32N4O. The van der Waals surface area contributed by atoms with Gasteiger partial charge in [-0.05, 0) is 57.7 Å². The van der Waals surface area contributed by atoms with Crippen LogP contribution in [0.2, 0.25) is 0 Å². The molecule has 0 saturated carbocycles. The van der Waals surface area contributed by atoms with Crippen molar-refractivity contribution in [3.05, 3.63) is 29.8 Å². The molecule has 0 aliphatic carbocycles. The van der Waals surface area contributed by atoms with Crippen LogP contribution >= 0.6 is 0 Å². The quantitative estimate of drug-likeness (QED) is 0.617. The number of fused-ring (bicyclic) bond motifs is 1. The molecule has 0 radical (unpaired) electrons. The van der Waals surface area contributed by atoms with Gasteiger partial charge in [-0.15, -0.1) is 0 Å². The summed E-state index contributed by atoms with van der Waals surface area (Å²) in [6.45, 7) is 9.06. The molecule has 0 aliphatic rings. The van der Waals surface area contributed by atoms with Crippen LogP contribution in [0.15, 0.2) is 24.3 Å². The average Bonchev–Trinajstić information content (AvgIpc) is 2.54. The fourth-order valence-corrected chi connectivity index (χ4v) is 2.86. The van der Waals surface area contributed by atoms with Gasteiger partial charge < -0.3 is 16.4 Å². The number of rotatable bonds is 8. The molecule has 1 aromatic heterocycles. The maximum absolute atomic E-state index is 11.9. The van der Waals surface area contributed by atoms with Crippen molar-refractivity contribution in [2.45, 2.75) is 65.3 Å². The zero-order chi connectivity index (χ0) is 19.2. The minimum atomic E-state index is -0.176. The van der Waals surface area contributed by atoms with Gasteiger partial charge in [0.2, 0.25) is 5.91 Å². The molecule has 1 aromatic carbocycles. The Balaban J connectivity index is 1.98. The first-order valence-electron chi connectivity index (χ1n) is 9.52. The van der Waals surface area contributed by atoms with Crippen LogP contribution in [-0.4, -0.2) is 23.0 Å². The average molecular weight is 357 g/mol. The summed E-state index contributed by atoms with van der Waals surface area (Å²) in [5.41, 5.74) is 8.90. The SMILES string of the molecule is CCCCNc1cc2ccc(CCCC(=O)NC(C)(C)C)cc2nc1N. The Labute approximate surface area is 156 Å². The first-order valence-corrected chi connectivity index (χ1v) is 9.52. The van der Waals surface area contributed by atoms with Gasteiger partial charge in [-0.1, -0.05) is 25.5 Å². The van der Waals surface area contributed by atoms with E-state index in [1.807, 2.05) is 20.8 Å². The lowest BCUT2D eigenvalue weighted by molar-refractivity contribution is -0.122. The molecule has 0 unspecified atom stereocenters. The summed E-state index contributed by atoms with van der Waals surface area (Å²) in [5, 5.41) is 7.43. The largest absolute Gasteiger partial charge is 0.382 e. The second-order valence-corrected chi connectivity index (χ2v) is 7.88. The molecule has 1 heterocycles. The zero-order valence-corrected chi connectivity index (χ0v) is 16.5. The Morgan fingerprint density at radius 1 is 1.19 bits per heavy atom. The molecule has 1 amide bonds. The Bertz CT molecular complexity index is 749. The molecule has 0 aliphatic heterocycles. The lowest BCUT2D eigenvalue weighted by Gasteiger charge is -2.20. The van der Waals surface area contributed by atoms with Crippen LogP contribution in [0.5, 0.6) is 0 Å². The molecule has 0 atom stereocenters. The van der Waals surface area contributed by atoms with Gasteiger partial charge >= 0.3 is 0 Å². The number of carbonyl (C=O) groups is 1. The monoisotopic (exact) mass is 356 g/mol. The van der Waals surface area contributed by atoms with Crippen LogP contribution in [-0.2, 0) is 11.2 Å². The number of amides is 1. The van der Waals surface area contributed by atoms with E-state index in [4.69, 9.17) is 5.73 Å². The zero-order valence-electron chi connectivity index (χ0n) is 16.5. The first-order chi connectivity index (χ1) is 12.3. The Morgan fingerprint density at radius 3 is 2.65 bits per heavy atom. The van der Waals surface area contributed by atoms with Crippen LogP contribution in [0.4, 0.5) is 11.5 Å². The molecule has 26 heavy (non-hydrogen) atoms. The van der Waals surface area contributed by atoms with Crippen LogP contribution in [0, 0.1) is 0 Å². The molecule has 2 aromatic rings. The van der Waals surface area contributed by atoms with E-state index in [0.717, 1.165) is 48.8 Å². The number of benzene rings is 1. The highest BCUT2D eigenvalue weighted by Crippen LogP contribution is 2.24. The Hall–Kier alpha value is -2.30. The van der Waals surface area contributed by atoms with E-state index in [1.165, 1.54) is 5.56 Å². The number of carbonyl (C=O) groups excluding carboxylic acids is 1. The third-order valence-electron chi connectivity index (χ3n) is 4.14. The van der Waals surface area contributed by atoms with E-state index in [1.54, 1.807) is 0 Å². The highest BCUT2D eigenvalue weighted by molar-refractivity contribution is 5.86. The summed E-state index contributed by atoms with van der Waals surface area (Å²) < 4.78 is 0. The normalized spacial score (nSPS) is 11.5. The Morgan fingerprint density at radius 2 is 1.96 bits per heavy atom. The highest BCUT2D eigenvalue weighted by atomic mass is 16.1. The van der Waals surface area contributed by atoms with E-state index in [9.17, 15) is 4.79 Å². The number of aromatic nitrogens is 1. The van der Waals surface area contributed by atoms with Crippen molar-refractivity contribution < 1.29 is 4.79 Å². The molecule has 5 nitrogen and oxygen atoms in total. The van der Waals surface area contributed by atoms with Gasteiger partial charge in [-0.25, -0.2) is 4.98 Å². The summed E-state index contributed by atoms with van der Waals surface area (Å²) in [6, 6.07) is 8.33. The van der Waals surface area contributed by atoms with Crippen LogP contribution < -0.4 is 16.4 Å². The third kappa shape index (κ3) is 6.21. The first kappa shape index (κ1) is 20.0. The number of nitrogen functional groups attached to an aromatic ring is 1. The third-order valence-corrected chi connectivity index (χ3v) is 4.14. The number of aryl methyl sites for hydroxylation is 1. The van der Waals surface area contributed by atoms with Gasteiger partial charge in [0.1, 0.15) is 5.82 Å². The summed E-state index contributed by atoms with van der Waals surface area (Å²) >= 11 is 0. The van der Waals surface area contributed by atoms with Gasteiger partial charge in [0.25, 0.3) is 0 Å². The maximum atomic E-state index is 11.9. The van der Waals surface area contributed by atoms with E-state index in [2.05, 4.69) is 46.8 Å². The predicted molar refractivity (Wildman–Crippen MR) is 110 cm³/mol. The summed E-state index contributed by atoms with van der Waals surface area (Å²) in [5.74, 6) is 0.638. The smallest absolute Gasteiger partial charge is 0.220 e. The molecule has 5 heteroatoms. The van der Waals surface area contributed by atoms with Crippen molar-refractivity contribution in [2.75, 3.05) is 17.6 Å². The minimum absolute atomic E-state index is 0.100. The van der Waals surface area contributed by atoms with E-state index >= 15 is 0 Å². The Kier molecular flexibility index (Phi) is 6.83. The molecule has 142 valence electrons.